The molecule has 17 heavy (non-hydrogen) atoms. The zero-order valence-electron chi connectivity index (χ0n) is 11.6. The SMILES string of the molecule is CCCCNC(=O)CNC1CCC(C)(C)CC1. The molecule has 0 unspecified atom stereocenters. The molecule has 1 aliphatic carbocycles. The summed E-state index contributed by atoms with van der Waals surface area (Å²) in [6.07, 6.45) is 7.14. The fourth-order valence-corrected chi connectivity index (χ4v) is 2.31. The Labute approximate surface area is 106 Å². The van der Waals surface area contributed by atoms with E-state index < -0.39 is 0 Å². The van der Waals surface area contributed by atoms with E-state index in [0.717, 1.165) is 19.4 Å². The van der Waals surface area contributed by atoms with Crippen LogP contribution >= 0.6 is 0 Å². The van der Waals surface area contributed by atoms with Crippen molar-refractivity contribution < 1.29 is 4.79 Å². The van der Waals surface area contributed by atoms with Crippen LogP contribution in [0, 0.1) is 5.41 Å². The van der Waals surface area contributed by atoms with E-state index in [1.165, 1.54) is 25.7 Å². The van der Waals surface area contributed by atoms with E-state index in [9.17, 15) is 4.79 Å². The molecular formula is C14H28N2O. The molecule has 1 rings (SSSR count). The number of carbonyl (C=O) groups is 1. The molecule has 0 spiro atoms. The van der Waals surface area contributed by atoms with Gasteiger partial charge in [0.1, 0.15) is 0 Å². The lowest BCUT2D eigenvalue weighted by molar-refractivity contribution is -0.120. The van der Waals surface area contributed by atoms with Gasteiger partial charge in [-0.2, -0.15) is 0 Å². The lowest BCUT2D eigenvalue weighted by Crippen LogP contribution is -2.42. The normalized spacial score (nSPS) is 20.2. The summed E-state index contributed by atoms with van der Waals surface area (Å²) in [4.78, 5) is 11.5. The van der Waals surface area contributed by atoms with E-state index in [-0.39, 0.29) is 5.91 Å². The highest BCUT2D eigenvalue weighted by molar-refractivity contribution is 5.77. The van der Waals surface area contributed by atoms with Crippen molar-refractivity contribution in [1.29, 1.82) is 0 Å². The van der Waals surface area contributed by atoms with Crippen LogP contribution in [0.3, 0.4) is 0 Å². The van der Waals surface area contributed by atoms with Gasteiger partial charge < -0.3 is 10.6 Å². The third-order valence-electron chi connectivity index (χ3n) is 3.74. The third kappa shape index (κ3) is 6.06. The molecule has 0 aromatic heterocycles. The molecule has 3 nitrogen and oxygen atoms in total. The number of hydrogen-bond acceptors (Lipinski definition) is 2. The maximum Gasteiger partial charge on any atom is 0.233 e. The molecule has 1 saturated carbocycles. The van der Waals surface area contributed by atoms with Gasteiger partial charge in [-0.1, -0.05) is 27.2 Å². The van der Waals surface area contributed by atoms with Crippen molar-refractivity contribution in [3.8, 4) is 0 Å². The molecule has 2 N–H and O–H groups in total. The Kier molecular flexibility index (Phi) is 5.96. The van der Waals surface area contributed by atoms with E-state index >= 15 is 0 Å². The van der Waals surface area contributed by atoms with Crippen molar-refractivity contribution in [3.05, 3.63) is 0 Å². The van der Waals surface area contributed by atoms with E-state index in [2.05, 4.69) is 31.4 Å². The van der Waals surface area contributed by atoms with Crippen LogP contribution in [0.4, 0.5) is 0 Å². The van der Waals surface area contributed by atoms with Gasteiger partial charge in [0.15, 0.2) is 0 Å². The molecule has 100 valence electrons. The van der Waals surface area contributed by atoms with Crippen LogP contribution in [0.1, 0.15) is 59.3 Å². The Morgan fingerprint density at radius 3 is 2.53 bits per heavy atom. The summed E-state index contributed by atoms with van der Waals surface area (Å²) in [6, 6.07) is 0.542. The molecule has 1 fully saturated rings. The predicted octanol–water partition coefficient (Wildman–Crippen LogP) is 2.46. The molecule has 0 radical (unpaired) electrons. The van der Waals surface area contributed by atoms with Crippen LogP contribution in [0.15, 0.2) is 0 Å². The molecule has 0 aromatic carbocycles. The molecule has 0 aliphatic heterocycles. The van der Waals surface area contributed by atoms with E-state index in [1.54, 1.807) is 0 Å². The Bertz CT molecular complexity index is 228. The first-order chi connectivity index (χ1) is 8.03. The number of amides is 1. The second-order valence-electron chi connectivity index (χ2n) is 6.02. The largest absolute Gasteiger partial charge is 0.355 e. The summed E-state index contributed by atoms with van der Waals surface area (Å²) in [6.45, 7) is 8.10. The molecule has 3 heteroatoms. The lowest BCUT2D eigenvalue weighted by atomic mass is 9.75. The third-order valence-corrected chi connectivity index (χ3v) is 3.74. The maximum atomic E-state index is 11.5. The van der Waals surface area contributed by atoms with Crippen molar-refractivity contribution in [2.24, 2.45) is 5.41 Å². The van der Waals surface area contributed by atoms with Gasteiger partial charge in [0.05, 0.1) is 6.54 Å². The molecule has 0 aromatic rings. The van der Waals surface area contributed by atoms with Gasteiger partial charge in [0.25, 0.3) is 0 Å². The van der Waals surface area contributed by atoms with Crippen molar-refractivity contribution in [2.75, 3.05) is 13.1 Å². The number of carbonyl (C=O) groups excluding carboxylic acids is 1. The first kappa shape index (κ1) is 14.5. The van der Waals surface area contributed by atoms with Crippen molar-refractivity contribution >= 4 is 5.91 Å². The average molecular weight is 240 g/mol. The minimum atomic E-state index is 0.142. The predicted molar refractivity (Wildman–Crippen MR) is 72.0 cm³/mol. The molecule has 0 saturated heterocycles. The summed E-state index contributed by atoms with van der Waals surface area (Å²) >= 11 is 0. The van der Waals surface area contributed by atoms with Crippen LogP contribution < -0.4 is 10.6 Å². The maximum absolute atomic E-state index is 11.5. The molecule has 0 atom stereocenters. The zero-order valence-corrected chi connectivity index (χ0v) is 11.6. The van der Waals surface area contributed by atoms with Gasteiger partial charge in [0, 0.05) is 12.6 Å². The zero-order chi connectivity index (χ0) is 12.7. The number of hydrogen-bond donors (Lipinski definition) is 2. The van der Waals surface area contributed by atoms with Crippen LogP contribution in [-0.4, -0.2) is 25.0 Å². The number of nitrogens with one attached hydrogen (secondary N) is 2. The fourth-order valence-electron chi connectivity index (χ4n) is 2.31. The molecular weight excluding hydrogens is 212 g/mol. The second-order valence-corrected chi connectivity index (χ2v) is 6.02. The van der Waals surface area contributed by atoms with Gasteiger partial charge in [-0.25, -0.2) is 0 Å². The summed E-state index contributed by atoms with van der Waals surface area (Å²) < 4.78 is 0. The number of unbranched alkanes of at least 4 members (excludes halogenated alkanes) is 1. The molecule has 1 aliphatic rings. The minimum absolute atomic E-state index is 0.142. The highest BCUT2D eigenvalue weighted by Crippen LogP contribution is 2.34. The van der Waals surface area contributed by atoms with Gasteiger partial charge in [0.2, 0.25) is 5.91 Å². The van der Waals surface area contributed by atoms with E-state index in [4.69, 9.17) is 0 Å². The van der Waals surface area contributed by atoms with Crippen molar-refractivity contribution in [3.63, 3.8) is 0 Å². The van der Waals surface area contributed by atoms with Gasteiger partial charge in [-0.05, 0) is 37.5 Å². The van der Waals surface area contributed by atoms with Gasteiger partial charge >= 0.3 is 0 Å². The summed E-state index contributed by atoms with van der Waals surface area (Å²) in [5.41, 5.74) is 0.502. The highest BCUT2D eigenvalue weighted by atomic mass is 16.1. The van der Waals surface area contributed by atoms with E-state index in [1.807, 2.05) is 0 Å². The summed E-state index contributed by atoms with van der Waals surface area (Å²) in [5, 5.41) is 6.31. The topological polar surface area (TPSA) is 41.1 Å². The lowest BCUT2D eigenvalue weighted by Gasteiger charge is -2.34. The molecule has 0 bridgehead atoms. The Morgan fingerprint density at radius 1 is 1.29 bits per heavy atom. The minimum Gasteiger partial charge on any atom is -0.355 e. The molecule has 1 amide bonds. The number of rotatable bonds is 6. The monoisotopic (exact) mass is 240 g/mol. The first-order valence-electron chi connectivity index (χ1n) is 7.03. The van der Waals surface area contributed by atoms with Crippen molar-refractivity contribution in [2.45, 2.75) is 65.3 Å². The Balaban J connectivity index is 2.09. The Morgan fingerprint density at radius 2 is 1.94 bits per heavy atom. The average Bonchev–Trinajstić information content (AvgIpc) is 2.28. The fraction of sp³-hybridized carbons (Fsp3) is 0.929. The van der Waals surface area contributed by atoms with Crippen LogP contribution in [0.25, 0.3) is 0 Å². The van der Waals surface area contributed by atoms with Crippen LogP contribution in [0.2, 0.25) is 0 Å². The first-order valence-corrected chi connectivity index (χ1v) is 7.03. The van der Waals surface area contributed by atoms with Crippen LogP contribution in [-0.2, 0) is 4.79 Å². The van der Waals surface area contributed by atoms with Gasteiger partial charge in [-0.3, -0.25) is 4.79 Å². The second kappa shape index (κ2) is 7.00. The Hall–Kier alpha value is -0.570. The highest BCUT2D eigenvalue weighted by Gasteiger charge is 2.26. The van der Waals surface area contributed by atoms with Crippen LogP contribution in [0.5, 0.6) is 0 Å². The summed E-state index contributed by atoms with van der Waals surface area (Å²) in [7, 11) is 0. The quantitative estimate of drug-likeness (QED) is 0.700. The molecule has 0 heterocycles. The van der Waals surface area contributed by atoms with E-state index in [0.29, 0.717) is 18.0 Å². The smallest absolute Gasteiger partial charge is 0.233 e. The van der Waals surface area contributed by atoms with Gasteiger partial charge in [-0.15, -0.1) is 0 Å². The summed E-state index contributed by atoms with van der Waals surface area (Å²) in [5.74, 6) is 0.142. The standard InChI is InChI=1S/C14H28N2O/c1-4-5-10-15-13(17)11-16-12-6-8-14(2,3)9-7-12/h12,16H,4-11H2,1-3H3,(H,15,17). The van der Waals surface area contributed by atoms with Crippen molar-refractivity contribution in [1.82, 2.24) is 10.6 Å².